The maximum absolute atomic E-state index is 15.3. The maximum Gasteiger partial charge on any atom is 0.262 e. The molecule has 2 saturated heterocycles. The molecule has 15 heteroatoms. The number of hydrogen-bond acceptors (Lipinski definition) is 11. The van der Waals surface area contributed by atoms with Crippen LogP contribution in [0.15, 0.2) is 66.9 Å². The quantitative estimate of drug-likeness (QED) is 0.150. The van der Waals surface area contributed by atoms with Crippen molar-refractivity contribution in [1.29, 1.82) is 0 Å². The predicted octanol–water partition coefficient (Wildman–Crippen LogP) is 6.01. The van der Waals surface area contributed by atoms with Crippen LogP contribution in [-0.4, -0.2) is 91.9 Å². The van der Waals surface area contributed by atoms with Crippen molar-refractivity contribution < 1.29 is 23.6 Å². The Labute approximate surface area is 340 Å². The number of nitrogens with one attached hydrogen (secondary N) is 3. The smallest absolute Gasteiger partial charge is 0.262 e. The van der Waals surface area contributed by atoms with Gasteiger partial charge >= 0.3 is 0 Å². The Hall–Kier alpha value is -6.48. The highest BCUT2D eigenvalue weighted by atomic mass is 19.1. The first kappa shape index (κ1) is 38.1. The lowest BCUT2D eigenvalue weighted by Gasteiger charge is -2.37. The molecule has 2 fully saturated rings. The zero-order valence-electron chi connectivity index (χ0n) is 33.2. The van der Waals surface area contributed by atoms with Gasteiger partial charge in [-0.2, -0.15) is 10.1 Å². The third-order valence-corrected chi connectivity index (χ3v) is 12.1. The number of piperidine rings is 2. The minimum Gasteiger partial charge on any atom is -0.371 e. The average molecular weight is 797 g/mol. The molecular formula is C44H45FN10O4. The Bertz CT molecular complexity index is 2560. The topological polar surface area (TPSA) is 158 Å². The molecule has 0 radical (unpaired) electrons. The molecule has 6 heterocycles. The summed E-state index contributed by atoms with van der Waals surface area (Å²) in [4.78, 5) is 65.6. The lowest BCUT2D eigenvalue weighted by atomic mass is 9.93. The number of rotatable bonds is 9. The second kappa shape index (κ2) is 15.4. The second-order valence-corrected chi connectivity index (χ2v) is 16.0. The fraction of sp³-hybridized carbons (Fsp3) is 0.341. The van der Waals surface area contributed by atoms with Gasteiger partial charge in [0.25, 0.3) is 11.8 Å². The largest absolute Gasteiger partial charge is 0.371 e. The zero-order valence-corrected chi connectivity index (χ0v) is 33.2. The highest BCUT2D eigenvalue weighted by Crippen LogP contribution is 2.34. The lowest BCUT2D eigenvalue weighted by molar-refractivity contribution is -0.136. The zero-order chi connectivity index (χ0) is 40.9. The number of aromatic nitrogens is 4. The van der Waals surface area contributed by atoms with Gasteiger partial charge in [0.1, 0.15) is 11.9 Å². The van der Waals surface area contributed by atoms with E-state index >= 15 is 4.39 Å². The van der Waals surface area contributed by atoms with E-state index in [2.05, 4.69) is 67.9 Å². The molecule has 3 N–H and O–H groups in total. The van der Waals surface area contributed by atoms with E-state index in [4.69, 9.17) is 4.98 Å². The number of benzene rings is 3. The van der Waals surface area contributed by atoms with Crippen LogP contribution in [0.1, 0.15) is 69.5 Å². The molecule has 3 aromatic carbocycles. The van der Waals surface area contributed by atoms with Gasteiger partial charge < -0.3 is 15.5 Å². The molecule has 0 bridgehead atoms. The van der Waals surface area contributed by atoms with Gasteiger partial charge in [0.15, 0.2) is 11.5 Å². The molecule has 4 aliphatic rings. The summed E-state index contributed by atoms with van der Waals surface area (Å²) in [7, 11) is 1.85. The van der Waals surface area contributed by atoms with Gasteiger partial charge in [-0.05, 0) is 98.5 Å². The van der Waals surface area contributed by atoms with E-state index in [0.717, 1.165) is 90.3 Å². The van der Waals surface area contributed by atoms with Crippen molar-refractivity contribution >= 4 is 69.1 Å². The van der Waals surface area contributed by atoms with Crippen molar-refractivity contribution in [2.24, 2.45) is 13.0 Å². The number of fused-ring (bicyclic) bond motifs is 2. The van der Waals surface area contributed by atoms with Gasteiger partial charge in [-0.15, -0.1) is 0 Å². The average Bonchev–Trinajstić information content (AvgIpc) is 3.67. The van der Waals surface area contributed by atoms with Gasteiger partial charge in [0.05, 0.1) is 16.5 Å². The Balaban J connectivity index is 0.799. The van der Waals surface area contributed by atoms with E-state index in [1.165, 1.54) is 6.07 Å². The standard InChI is InChI=1S/C44H45FN10O4/c1-25-5-4-6-26(2)38(25)49-39-34-23-46-44(50-40(34)52(3)51-39)47-29-7-10-35(45)32(21-29)28-15-17-53(18-16-28)24-27-13-19-54(20-14-27)30-8-9-31-33(22-30)43(59)55(42(31)58)36-11-12-37(56)48-41(36)57/h4-10,15,21-23,27,36H,11-14,16-20,24H2,1-3H3,(H,49,51)(H,46,47,50)(H,48,56,57). The van der Waals surface area contributed by atoms with Crippen LogP contribution in [0.2, 0.25) is 0 Å². The lowest BCUT2D eigenvalue weighted by Crippen LogP contribution is -2.54. The number of anilines is 5. The normalized spacial score (nSPS) is 19.0. The highest BCUT2D eigenvalue weighted by Gasteiger charge is 2.45. The minimum atomic E-state index is -0.983. The summed E-state index contributed by atoms with van der Waals surface area (Å²) >= 11 is 0. The monoisotopic (exact) mass is 796 g/mol. The van der Waals surface area contributed by atoms with E-state index in [1.807, 2.05) is 25.2 Å². The maximum atomic E-state index is 15.3. The number of carbonyl (C=O) groups excluding carboxylic acids is 4. The summed E-state index contributed by atoms with van der Waals surface area (Å²) in [5.41, 5.74) is 7.59. The Morgan fingerprint density at radius 2 is 1.64 bits per heavy atom. The first-order chi connectivity index (χ1) is 28.5. The molecule has 302 valence electrons. The molecule has 14 nitrogen and oxygen atoms in total. The van der Waals surface area contributed by atoms with Gasteiger partial charge in [0, 0.05) is 75.0 Å². The molecule has 5 aromatic rings. The van der Waals surface area contributed by atoms with E-state index in [0.29, 0.717) is 40.1 Å². The summed E-state index contributed by atoms with van der Waals surface area (Å²) in [5.74, 6) is -0.722. The molecule has 4 amide bonds. The molecule has 0 aliphatic carbocycles. The molecule has 4 aliphatic heterocycles. The summed E-state index contributed by atoms with van der Waals surface area (Å²) in [6.07, 6.45) is 6.76. The number of halogens is 1. The number of aryl methyl sites for hydroxylation is 3. The van der Waals surface area contributed by atoms with Crippen molar-refractivity contribution in [3.05, 3.63) is 101 Å². The van der Waals surface area contributed by atoms with Crippen LogP contribution in [0, 0.1) is 25.6 Å². The molecule has 9 rings (SSSR count). The van der Waals surface area contributed by atoms with Crippen LogP contribution in [0.3, 0.4) is 0 Å². The molecule has 1 unspecified atom stereocenters. The summed E-state index contributed by atoms with van der Waals surface area (Å²) in [5, 5.41) is 14.4. The van der Waals surface area contributed by atoms with E-state index in [9.17, 15) is 19.2 Å². The molecule has 2 aromatic heterocycles. The number of nitrogens with zero attached hydrogens (tertiary/aromatic N) is 7. The third-order valence-electron chi connectivity index (χ3n) is 12.1. The molecule has 59 heavy (non-hydrogen) atoms. The molecular weight excluding hydrogens is 752 g/mol. The number of carbonyl (C=O) groups is 4. The minimum absolute atomic E-state index is 0.0840. The Kier molecular flexibility index (Phi) is 9.91. The number of hydrogen-bond donors (Lipinski definition) is 3. The number of amides is 4. The number of imide groups is 2. The van der Waals surface area contributed by atoms with Gasteiger partial charge in [-0.3, -0.25) is 34.3 Å². The van der Waals surface area contributed by atoms with Crippen molar-refractivity contribution in [2.75, 3.05) is 48.3 Å². The van der Waals surface area contributed by atoms with Gasteiger partial charge in [0.2, 0.25) is 17.8 Å². The fourth-order valence-corrected chi connectivity index (χ4v) is 8.81. The second-order valence-electron chi connectivity index (χ2n) is 16.0. The SMILES string of the molecule is Cc1cccc(C)c1Nc1nn(C)c2nc(Nc3ccc(F)c(C4=CCN(CC5CCN(c6ccc7c(c6)C(=O)N(C6CCC(=O)NC6=O)C7=O)CC5)CC4)c3)ncc12. The fourth-order valence-electron chi connectivity index (χ4n) is 8.81. The van der Waals surface area contributed by atoms with E-state index < -0.39 is 29.7 Å². The van der Waals surface area contributed by atoms with E-state index in [-0.39, 0.29) is 24.2 Å². The first-order valence-corrected chi connectivity index (χ1v) is 20.1. The van der Waals surface area contributed by atoms with Gasteiger partial charge in [-0.25, -0.2) is 14.1 Å². The summed E-state index contributed by atoms with van der Waals surface area (Å²) < 4.78 is 17.0. The number of para-hydroxylation sites is 1. The predicted molar refractivity (Wildman–Crippen MR) is 222 cm³/mol. The van der Waals surface area contributed by atoms with Crippen LogP contribution in [0.5, 0.6) is 0 Å². The summed E-state index contributed by atoms with van der Waals surface area (Å²) in [6, 6.07) is 15.5. The van der Waals surface area contributed by atoms with Gasteiger partial charge in [-0.1, -0.05) is 24.3 Å². The van der Waals surface area contributed by atoms with E-state index in [1.54, 1.807) is 29.1 Å². The van der Waals surface area contributed by atoms with Crippen molar-refractivity contribution in [2.45, 2.75) is 52.0 Å². The van der Waals surface area contributed by atoms with Crippen molar-refractivity contribution in [1.82, 2.24) is 34.9 Å². The van der Waals surface area contributed by atoms with Crippen LogP contribution in [0.4, 0.5) is 33.2 Å². The molecule has 0 saturated carbocycles. The third kappa shape index (κ3) is 7.30. The Morgan fingerprint density at radius 3 is 2.39 bits per heavy atom. The van der Waals surface area contributed by atoms with Crippen molar-refractivity contribution in [3.8, 4) is 0 Å². The van der Waals surface area contributed by atoms with Crippen LogP contribution in [-0.2, 0) is 16.6 Å². The first-order valence-electron chi connectivity index (χ1n) is 20.1. The molecule has 0 spiro atoms. The van der Waals surface area contributed by atoms with Crippen molar-refractivity contribution in [3.63, 3.8) is 0 Å². The summed E-state index contributed by atoms with van der Waals surface area (Å²) in [6.45, 7) is 8.23. The van der Waals surface area contributed by atoms with Crippen LogP contribution < -0.4 is 20.9 Å². The Morgan fingerprint density at radius 1 is 0.864 bits per heavy atom. The van der Waals surface area contributed by atoms with Crippen LogP contribution in [0.25, 0.3) is 16.6 Å². The molecule has 1 atom stereocenters. The highest BCUT2D eigenvalue weighted by molar-refractivity contribution is 6.23. The van der Waals surface area contributed by atoms with Crippen LogP contribution >= 0.6 is 0 Å².